The van der Waals surface area contributed by atoms with Crippen molar-refractivity contribution in [2.75, 3.05) is 12.4 Å². The zero-order valence-corrected chi connectivity index (χ0v) is 9.69. The maximum Gasteiger partial charge on any atom is 0.275 e. The highest BCUT2D eigenvalue weighted by Gasteiger charge is 2.12. The van der Waals surface area contributed by atoms with Crippen molar-refractivity contribution in [3.05, 3.63) is 34.6 Å². The van der Waals surface area contributed by atoms with Crippen LogP contribution >= 0.6 is 11.8 Å². The first-order valence-corrected chi connectivity index (χ1v) is 5.52. The van der Waals surface area contributed by atoms with Crippen LogP contribution in [0.2, 0.25) is 0 Å². The minimum Gasteiger partial charge on any atom is -0.373 e. The maximum absolute atomic E-state index is 10.7. The molecule has 0 amide bonds. The van der Waals surface area contributed by atoms with Gasteiger partial charge in [0.2, 0.25) is 0 Å². The number of nitrogens with zero attached hydrogens (tertiary/aromatic N) is 3. The van der Waals surface area contributed by atoms with Crippen molar-refractivity contribution >= 4 is 23.3 Å². The van der Waals surface area contributed by atoms with Crippen molar-refractivity contribution in [3.63, 3.8) is 0 Å². The summed E-state index contributed by atoms with van der Waals surface area (Å²) >= 11 is 1.23. The molecular weight excluding hydrogens is 242 g/mol. The number of hydrogen-bond donors (Lipinski definition) is 2. The van der Waals surface area contributed by atoms with Gasteiger partial charge in [-0.3, -0.25) is 10.1 Å². The number of aromatic nitrogens is 3. The lowest BCUT2D eigenvalue weighted by molar-refractivity contribution is -0.385. The van der Waals surface area contributed by atoms with E-state index in [0.717, 1.165) is 0 Å². The molecule has 0 bridgehead atoms. The Morgan fingerprint density at radius 3 is 2.94 bits per heavy atom. The smallest absolute Gasteiger partial charge is 0.275 e. The zero-order valence-electron chi connectivity index (χ0n) is 8.88. The first-order valence-electron chi connectivity index (χ1n) is 4.70. The van der Waals surface area contributed by atoms with Crippen molar-refractivity contribution in [2.24, 2.45) is 0 Å². The highest BCUT2D eigenvalue weighted by molar-refractivity contribution is 7.99. The summed E-state index contributed by atoms with van der Waals surface area (Å²) in [6, 6.07) is 2.79. The van der Waals surface area contributed by atoms with Gasteiger partial charge in [0.15, 0.2) is 5.16 Å². The number of H-pyrrole nitrogens is 1. The summed E-state index contributed by atoms with van der Waals surface area (Å²) in [5, 5.41) is 14.7. The van der Waals surface area contributed by atoms with Crippen LogP contribution in [0.25, 0.3) is 0 Å². The minimum atomic E-state index is -0.450. The zero-order chi connectivity index (χ0) is 12.3. The van der Waals surface area contributed by atoms with E-state index in [1.54, 1.807) is 19.4 Å². The molecule has 8 heteroatoms. The van der Waals surface area contributed by atoms with Crippen LogP contribution in [-0.2, 0) is 0 Å². The van der Waals surface area contributed by atoms with E-state index in [9.17, 15) is 10.1 Å². The molecule has 2 N–H and O–H groups in total. The molecule has 7 nitrogen and oxygen atoms in total. The average Bonchev–Trinajstić information content (AvgIpc) is 2.81. The van der Waals surface area contributed by atoms with Gasteiger partial charge >= 0.3 is 0 Å². The monoisotopic (exact) mass is 251 g/mol. The second kappa shape index (κ2) is 4.83. The lowest BCUT2D eigenvalue weighted by atomic mass is 10.4. The maximum atomic E-state index is 10.7. The van der Waals surface area contributed by atoms with E-state index < -0.39 is 4.92 Å². The van der Waals surface area contributed by atoms with Gasteiger partial charge in [0, 0.05) is 25.5 Å². The van der Waals surface area contributed by atoms with Gasteiger partial charge < -0.3 is 10.3 Å². The number of anilines is 1. The van der Waals surface area contributed by atoms with Gasteiger partial charge in [-0.05, 0) is 11.8 Å². The summed E-state index contributed by atoms with van der Waals surface area (Å²) in [6.45, 7) is 0. The van der Waals surface area contributed by atoms with Crippen molar-refractivity contribution in [2.45, 2.75) is 10.2 Å². The summed E-state index contributed by atoms with van der Waals surface area (Å²) < 4.78 is 0. The van der Waals surface area contributed by atoms with Crippen molar-refractivity contribution in [3.8, 4) is 0 Å². The third kappa shape index (κ3) is 2.72. The van der Waals surface area contributed by atoms with Crippen LogP contribution in [0.1, 0.15) is 0 Å². The highest BCUT2D eigenvalue weighted by Crippen LogP contribution is 2.27. The SMILES string of the molecule is CNc1cc([N+](=O)[O-])cc(Sc2ncc[nH]2)n1. The number of hydrogen-bond acceptors (Lipinski definition) is 6. The third-order valence-electron chi connectivity index (χ3n) is 1.93. The molecule has 2 aromatic rings. The average molecular weight is 251 g/mol. The summed E-state index contributed by atoms with van der Waals surface area (Å²) in [6.07, 6.45) is 3.29. The molecule has 0 aliphatic heterocycles. The molecule has 0 fully saturated rings. The molecule has 0 saturated carbocycles. The number of pyridine rings is 1. The van der Waals surface area contributed by atoms with E-state index in [1.165, 1.54) is 23.9 Å². The fourth-order valence-corrected chi connectivity index (χ4v) is 1.95. The Morgan fingerprint density at radius 2 is 2.35 bits per heavy atom. The normalized spacial score (nSPS) is 10.2. The van der Waals surface area contributed by atoms with Crippen LogP contribution in [-0.4, -0.2) is 26.9 Å². The van der Waals surface area contributed by atoms with E-state index in [1.807, 2.05) is 0 Å². The predicted octanol–water partition coefficient (Wildman–Crippen LogP) is 1.91. The van der Waals surface area contributed by atoms with E-state index in [2.05, 4.69) is 20.3 Å². The quantitative estimate of drug-likeness (QED) is 0.636. The summed E-state index contributed by atoms with van der Waals surface area (Å²) in [5.41, 5.74) is -0.00148. The van der Waals surface area contributed by atoms with Gasteiger partial charge in [-0.15, -0.1) is 0 Å². The molecule has 0 saturated heterocycles. The molecule has 0 aliphatic carbocycles. The molecular formula is C9H9N5O2S. The van der Waals surface area contributed by atoms with Crippen molar-refractivity contribution in [1.82, 2.24) is 15.0 Å². The minimum absolute atomic E-state index is 0.00148. The molecule has 2 rings (SSSR count). The lowest BCUT2D eigenvalue weighted by Gasteiger charge is -2.02. The lowest BCUT2D eigenvalue weighted by Crippen LogP contribution is -1.97. The standard InChI is InChI=1S/C9H9N5O2S/c1-10-7-4-6(14(15)16)5-8(13-7)17-9-11-2-3-12-9/h2-5H,1H3,(H,10,13)(H,11,12). The number of rotatable bonds is 4. The molecule has 17 heavy (non-hydrogen) atoms. The van der Waals surface area contributed by atoms with E-state index in [4.69, 9.17) is 0 Å². The molecule has 2 heterocycles. The molecule has 0 spiro atoms. The van der Waals surface area contributed by atoms with E-state index in [0.29, 0.717) is 16.0 Å². The molecule has 0 aromatic carbocycles. The Kier molecular flexibility index (Phi) is 3.24. The van der Waals surface area contributed by atoms with Crippen LogP contribution < -0.4 is 5.32 Å². The summed E-state index contributed by atoms with van der Waals surface area (Å²) in [7, 11) is 1.66. The molecule has 0 radical (unpaired) electrons. The van der Waals surface area contributed by atoms with Crippen LogP contribution in [0.3, 0.4) is 0 Å². The Labute approximate surface area is 101 Å². The predicted molar refractivity (Wildman–Crippen MR) is 63.1 cm³/mol. The van der Waals surface area contributed by atoms with E-state index >= 15 is 0 Å². The Balaban J connectivity index is 2.33. The fourth-order valence-electron chi connectivity index (χ4n) is 1.18. The van der Waals surface area contributed by atoms with Crippen LogP contribution in [0.5, 0.6) is 0 Å². The van der Waals surface area contributed by atoms with Crippen LogP contribution in [0, 0.1) is 10.1 Å². The second-order valence-corrected chi connectivity index (χ2v) is 4.06. The van der Waals surface area contributed by atoms with Crippen LogP contribution in [0.15, 0.2) is 34.7 Å². The number of nitrogens with one attached hydrogen (secondary N) is 2. The Hall–Kier alpha value is -2.09. The van der Waals surface area contributed by atoms with Gasteiger partial charge in [0.05, 0.1) is 11.0 Å². The van der Waals surface area contributed by atoms with Crippen molar-refractivity contribution in [1.29, 1.82) is 0 Å². The van der Waals surface area contributed by atoms with Gasteiger partial charge in [-0.2, -0.15) is 0 Å². The topological polar surface area (TPSA) is 96.7 Å². The first kappa shape index (κ1) is 11.4. The first-order chi connectivity index (χ1) is 8.19. The third-order valence-corrected chi connectivity index (χ3v) is 2.76. The van der Waals surface area contributed by atoms with Crippen molar-refractivity contribution < 1.29 is 4.92 Å². The largest absolute Gasteiger partial charge is 0.373 e. The second-order valence-electron chi connectivity index (χ2n) is 3.05. The Bertz CT molecular complexity index is 528. The summed E-state index contributed by atoms with van der Waals surface area (Å²) in [5.74, 6) is 0.452. The number of imidazole rings is 1. The fraction of sp³-hybridized carbons (Fsp3) is 0.111. The number of nitro groups is 1. The van der Waals surface area contributed by atoms with Gasteiger partial charge in [0.25, 0.3) is 5.69 Å². The number of aromatic amines is 1. The highest BCUT2D eigenvalue weighted by atomic mass is 32.2. The Morgan fingerprint density at radius 1 is 1.53 bits per heavy atom. The van der Waals surface area contributed by atoms with E-state index in [-0.39, 0.29) is 5.69 Å². The molecule has 0 atom stereocenters. The molecule has 88 valence electrons. The van der Waals surface area contributed by atoms with Gasteiger partial charge in [-0.1, -0.05) is 0 Å². The molecule has 2 aromatic heterocycles. The molecule has 0 unspecified atom stereocenters. The molecule has 0 aliphatic rings. The summed E-state index contributed by atoms with van der Waals surface area (Å²) in [4.78, 5) is 21.4. The van der Waals surface area contributed by atoms with Gasteiger partial charge in [0.1, 0.15) is 10.8 Å². The van der Waals surface area contributed by atoms with Crippen LogP contribution in [0.4, 0.5) is 11.5 Å². The van der Waals surface area contributed by atoms with Gasteiger partial charge in [-0.25, -0.2) is 9.97 Å².